The minimum absolute atomic E-state index is 0.226. The molecule has 19 heavy (non-hydrogen) atoms. The van der Waals surface area contributed by atoms with Gasteiger partial charge >= 0.3 is 6.03 Å². The van der Waals surface area contributed by atoms with Crippen molar-refractivity contribution >= 4 is 11.9 Å². The number of nitrogens with zero attached hydrogens (tertiary/aromatic N) is 1. The molecule has 0 aromatic heterocycles. The lowest BCUT2D eigenvalue weighted by Gasteiger charge is -2.39. The lowest BCUT2D eigenvalue weighted by molar-refractivity contribution is -0.126. The van der Waals surface area contributed by atoms with Crippen LogP contribution in [0.25, 0.3) is 0 Å². The van der Waals surface area contributed by atoms with E-state index >= 15 is 0 Å². The fourth-order valence-electron chi connectivity index (χ4n) is 2.58. The second-order valence-corrected chi connectivity index (χ2v) is 5.02. The van der Waals surface area contributed by atoms with Crippen molar-refractivity contribution in [1.82, 2.24) is 20.9 Å². The molecule has 3 N–H and O–H groups in total. The van der Waals surface area contributed by atoms with E-state index in [0.717, 1.165) is 32.4 Å². The van der Waals surface area contributed by atoms with Crippen LogP contribution < -0.4 is 16.0 Å². The molecule has 0 bridgehead atoms. The van der Waals surface area contributed by atoms with Crippen molar-refractivity contribution in [3.05, 3.63) is 0 Å². The number of nitrogens with one attached hydrogen (secondary N) is 3. The number of amides is 3. The molecule has 0 aliphatic carbocycles. The summed E-state index contributed by atoms with van der Waals surface area (Å²) >= 11 is 0. The van der Waals surface area contributed by atoms with Gasteiger partial charge in [-0.25, -0.2) is 4.79 Å². The zero-order valence-corrected chi connectivity index (χ0v) is 12.2. The normalized spacial score (nSPS) is 21.7. The maximum absolute atomic E-state index is 12.0. The number of hydrogen-bond acceptors (Lipinski definition) is 4. The first-order valence-electron chi connectivity index (χ1n) is 7.03. The van der Waals surface area contributed by atoms with E-state index in [-0.39, 0.29) is 11.9 Å². The Balaban J connectivity index is 2.57. The molecule has 0 aromatic rings. The van der Waals surface area contributed by atoms with E-state index in [9.17, 15) is 9.59 Å². The standard InChI is InChI=1S/C13H26N4O2/c1-10(12(18)16-13(19)15-3)17-9-5-4-6-11(17)7-8-14-2/h10-11,14H,4-9H2,1-3H3,(H2,15,16,18,19). The minimum atomic E-state index is -0.444. The number of hydrogen-bond donors (Lipinski definition) is 3. The molecule has 6 heteroatoms. The second-order valence-electron chi connectivity index (χ2n) is 5.02. The van der Waals surface area contributed by atoms with E-state index in [2.05, 4.69) is 20.9 Å². The Morgan fingerprint density at radius 3 is 2.68 bits per heavy atom. The number of piperidine rings is 1. The third kappa shape index (κ3) is 4.80. The molecule has 110 valence electrons. The fraction of sp³-hybridized carbons (Fsp3) is 0.846. The third-order valence-corrected chi connectivity index (χ3v) is 3.74. The highest BCUT2D eigenvalue weighted by Crippen LogP contribution is 2.21. The van der Waals surface area contributed by atoms with Crippen LogP contribution in [0.15, 0.2) is 0 Å². The van der Waals surface area contributed by atoms with Gasteiger partial charge in [0.05, 0.1) is 6.04 Å². The number of carbonyl (C=O) groups excluding carboxylic acids is 2. The van der Waals surface area contributed by atoms with Crippen molar-refractivity contribution in [2.24, 2.45) is 0 Å². The van der Waals surface area contributed by atoms with Crippen molar-refractivity contribution in [1.29, 1.82) is 0 Å². The smallest absolute Gasteiger partial charge is 0.321 e. The number of imide groups is 1. The molecule has 1 aliphatic heterocycles. The van der Waals surface area contributed by atoms with E-state index < -0.39 is 6.03 Å². The summed E-state index contributed by atoms with van der Waals surface area (Å²) in [7, 11) is 3.44. The molecular formula is C13H26N4O2. The van der Waals surface area contributed by atoms with Crippen LogP contribution in [0, 0.1) is 0 Å². The maximum Gasteiger partial charge on any atom is 0.321 e. The van der Waals surface area contributed by atoms with Crippen LogP contribution in [-0.2, 0) is 4.79 Å². The Morgan fingerprint density at radius 1 is 1.32 bits per heavy atom. The zero-order valence-electron chi connectivity index (χ0n) is 12.2. The van der Waals surface area contributed by atoms with Gasteiger partial charge in [-0.3, -0.25) is 15.0 Å². The summed E-state index contributed by atoms with van der Waals surface area (Å²) in [6.07, 6.45) is 4.50. The SMILES string of the molecule is CNCCC1CCCCN1C(C)C(=O)NC(=O)NC. The largest absolute Gasteiger partial charge is 0.341 e. The Labute approximate surface area is 115 Å². The molecule has 6 nitrogen and oxygen atoms in total. The highest BCUT2D eigenvalue weighted by Gasteiger charge is 2.30. The molecule has 0 saturated carbocycles. The molecule has 0 radical (unpaired) electrons. The summed E-state index contributed by atoms with van der Waals surface area (Å²) in [4.78, 5) is 25.4. The van der Waals surface area contributed by atoms with Gasteiger partial charge in [0.2, 0.25) is 5.91 Å². The van der Waals surface area contributed by atoms with E-state index in [1.54, 1.807) is 0 Å². The van der Waals surface area contributed by atoms with Gasteiger partial charge in [-0.2, -0.15) is 0 Å². The molecule has 1 fully saturated rings. The Kier molecular flexibility index (Phi) is 6.80. The first-order chi connectivity index (χ1) is 9.10. The van der Waals surface area contributed by atoms with Crippen LogP contribution in [0.4, 0.5) is 4.79 Å². The number of rotatable bonds is 5. The predicted molar refractivity (Wildman–Crippen MR) is 74.9 cm³/mol. The molecule has 3 amide bonds. The number of carbonyl (C=O) groups is 2. The van der Waals surface area contributed by atoms with Crippen LogP contribution >= 0.6 is 0 Å². The first-order valence-corrected chi connectivity index (χ1v) is 7.03. The van der Waals surface area contributed by atoms with Gasteiger partial charge < -0.3 is 10.6 Å². The van der Waals surface area contributed by atoms with Gasteiger partial charge in [-0.1, -0.05) is 6.42 Å². The zero-order chi connectivity index (χ0) is 14.3. The highest BCUT2D eigenvalue weighted by atomic mass is 16.2. The van der Waals surface area contributed by atoms with E-state index in [1.807, 2.05) is 14.0 Å². The van der Waals surface area contributed by atoms with E-state index in [4.69, 9.17) is 0 Å². The Hall–Kier alpha value is -1.14. The van der Waals surface area contributed by atoms with Gasteiger partial charge in [-0.05, 0) is 46.3 Å². The predicted octanol–water partition coefficient (Wildman–Crippen LogP) is 0.295. The Morgan fingerprint density at radius 2 is 2.05 bits per heavy atom. The molecule has 1 heterocycles. The van der Waals surface area contributed by atoms with Gasteiger partial charge in [0.15, 0.2) is 0 Å². The van der Waals surface area contributed by atoms with Crippen LogP contribution in [0.2, 0.25) is 0 Å². The molecule has 1 rings (SSSR count). The molecule has 1 saturated heterocycles. The lowest BCUT2D eigenvalue weighted by Crippen LogP contribution is -2.54. The molecule has 0 spiro atoms. The van der Waals surface area contributed by atoms with Crippen molar-refractivity contribution in [2.75, 3.05) is 27.2 Å². The van der Waals surface area contributed by atoms with Crippen LogP contribution in [0.5, 0.6) is 0 Å². The lowest BCUT2D eigenvalue weighted by atomic mass is 9.97. The van der Waals surface area contributed by atoms with Gasteiger partial charge in [0.25, 0.3) is 0 Å². The quantitative estimate of drug-likeness (QED) is 0.671. The fourth-order valence-corrected chi connectivity index (χ4v) is 2.58. The Bertz CT molecular complexity index is 309. The molecule has 2 atom stereocenters. The van der Waals surface area contributed by atoms with Crippen LogP contribution in [0.1, 0.15) is 32.6 Å². The van der Waals surface area contributed by atoms with Crippen molar-refractivity contribution in [3.63, 3.8) is 0 Å². The van der Waals surface area contributed by atoms with Gasteiger partial charge in [-0.15, -0.1) is 0 Å². The molecule has 1 aliphatic rings. The van der Waals surface area contributed by atoms with Gasteiger partial charge in [0, 0.05) is 13.1 Å². The van der Waals surface area contributed by atoms with E-state index in [0.29, 0.717) is 6.04 Å². The molecule has 2 unspecified atom stereocenters. The van der Waals surface area contributed by atoms with Gasteiger partial charge in [0.1, 0.15) is 0 Å². The summed E-state index contributed by atoms with van der Waals surface area (Å²) in [5.74, 6) is -0.226. The monoisotopic (exact) mass is 270 g/mol. The average Bonchev–Trinajstić information content (AvgIpc) is 2.44. The summed E-state index contributed by atoms with van der Waals surface area (Å²) in [6.45, 7) is 3.75. The molecular weight excluding hydrogens is 244 g/mol. The van der Waals surface area contributed by atoms with E-state index in [1.165, 1.54) is 13.5 Å². The second kappa shape index (κ2) is 8.12. The van der Waals surface area contributed by atoms with Crippen molar-refractivity contribution in [3.8, 4) is 0 Å². The summed E-state index contributed by atoms with van der Waals surface area (Å²) in [5.41, 5.74) is 0. The third-order valence-electron chi connectivity index (χ3n) is 3.74. The summed E-state index contributed by atoms with van der Waals surface area (Å²) in [5, 5.41) is 7.91. The average molecular weight is 270 g/mol. The van der Waals surface area contributed by atoms with Crippen LogP contribution in [-0.4, -0.2) is 56.1 Å². The summed E-state index contributed by atoms with van der Waals surface area (Å²) in [6, 6.07) is -0.285. The molecule has 0 aromatic carbocycles. The van der Waals surface area contributed by atoms with Crippen molar-refractivity contribution < 1.29 is 9.59 Å². The van der Waals surface area contributed by atoms with Crippen molar-refractivity contribution in [2.45, 2.75) is 44.7 Å². The maximum atomic E-state index is 12.0. The van der Waals surface area contributed by atoms with Crippen LogP contribution in [0.3, 0.4) is 0 Å². The minimum Gasteiger partial charge on any atom is -0.341 e. The number of likely N-dealkylation sites (tertiary alicyclic amines) is 1. The topological polar surface area (TPSA) is 73.5 Å². The number of urea groups is 1. The highest BCUT2D eigenvalue weighted by molar-refractivity contribution is 5.96. The summed E-state index contributed by atoms with van der Waals surface area (Å²) < 4.78 is 0. The first kappa shape index (κ1) is 15.9.